The molecule has 0 bridgehead atoms. The van der Waals surface area contributed by atoms with Crippen LogP contribution in [0.1, 0.15) is 37.4 Å². The predicted octanol–water partition coefficient (Wildman–Crippen LogP) is 2.14. The van der Waals surface area contributed by atoms with Gasteiger partial charge in [0.2, 0.25) is 0 Å². The number of aromatic nitrogens is 2. The first-order valence-electron chi connectivity index (χ1n) is 8.30. The molecule has 1 aliphatic rings. The second kappa shape index (κ2) is 6.83. The summed E-state index contributed by atoms with van der Waals surface area (Å²) in [7, 11) is 1.84. The minimum absolute atomic E-state index is 0.0744. The van der Waals surface area contributed by atoms with Gasteiger partial charge in [-0.15, -0.1) is 0 Å². The zero-order valence-electron chi connectivity index (χ0n) is 14.5. The highest BCUT2D eigenvalue weighted by atomic mass is 16.5. The van der Waals surface area contributed by atoms with E-state index in [1.807, 2.05) is 31.4 Å². The van der Waals surface area contributed by atoms with Crippen molar-refractivity contribution < 1.29 is 14.6 Å². The average Bonchev–Trinajstić information content (AvgIpc) is 2.87. The van der Waals surface area contributed by atoms with Crippen LogP contribution in [0.2, 0.25) is 0 Å². The standard InChI is InChI=1S/C18H25N3O3/c1-13(19-12-18(2,22)15-10-20-21(3)11-15)14-5-6-16-17(9-14)24-8-4-7-23-16/h5-6,9-11,13,19,22H,4,7-8,12H2,1-3H3. The summed E-state index contributed by atoms with van der Waals surface area (Å²) in [6, 6.07) is 6.07. The summed E-state index contributed by atoms with van der Waals surface area (Å²) < 4.78 is 13.1. The van der Waals surface area contributed by atoms with Gasteiger partial charge in [-0.3, -0.25) is 4.68 Å². The zero-order chi connectivity index (χ0) is 17.2. The third kappa shape index (κ3) is 3.71. The van der Waals surface area contributed by atoms with Gasteiger partial charge < -0.3 is 19.9 Å². The topological polar surface area (TPSA) is 68.5 Å². The SMILES string of the molecule is CC(NCC(C)(O)c1cnn(C)c1)c1ccc2c(c1)OCCCO2. The zero-order valence-corrected chi connectivity index (χ0v) is 14.5. The molecule has 1 aromatic carbocycles. The van der Waals surface area contributed by atoms with E-state index in [4.69, 9.17) is 9.47 Å². The quantitative estimate of drug-likeness (QED) is 0.878. The van der Waals surface area contributed by atoms with E-state index in [0.717, 1.165) is 29.0 Å². The van der Waals surface area contributed by atoms with Gasteiger partial charge in [0.25, 0.3) is 0 Å². The molecule has 0 aliphatic carbocycles. The summed E-state index contributed by atoms with van der Waals surface area (Å²) >= 11 is 0. The van der Waals surface area contributed by atoms with Crippen LogP contribution >= 0.6 is 0 Å². The Bertz CT molecular complexity index is 697. The van der Waals surface area contributed by atoms with Crippen molar-refractivity contribution in [2.45, 2.75) is 31.9 Å². The molecular formula is C18H25N3O3. The van der Waals surface area contributed by atoms with E-state index in [9.17, 15) is 5.11 Å². The third-order valence-corrected chi connectivity index (χ3v) is 4.35. The van der Waals surface area contributed by atoms with Crippen molar-refractivity contribution in [1.82, 2.24) is 15.1 Å². The molecular weight excluding hydrogens is 306 g/mol. The van der Waals surface area contributed by atoms with Gasteiger partial charge in [-0.2, -0.15) is 5.10 Å². The summed E-state index contributed by atoms with van der Waals surface area (Å²) in [5, 5.41) is 18.2. The van der Waals surface area contributed by atoms with Crippen LogP contribution in [-0.4, -0.2) is 34.6 Å². The van der Waals surface area contributed by atoms with Gasteiger partial charge in [0.1, 0.15) is 5.60 Å². The van der Waals surface area contributed by atoms with Crippen LogP contribution in [0.5, 0.6) is 11.5 Å². The second-order valence-corrected chi connectivity index (χ2v) is 6.54. The van der Waals surface area contributed by atoms with Crippen molar-refractivity contribution in [1.29, 1.82) is 0 Å². The first-order valence-corrected chi connectivity index (χ1v) is 8.30. The molecule has 0 radical (unpaired) electrons. The maximum Gasteiger partial charge on any atom is 0.161 e. The first kappa shape index (κ1) is 16.8. The van der Waals surface area contributed by atoms with Gasteiger partial charge in [0.05, 0.1) is 19.4 Å². The molecule has 0 saturated carbocycles. The molecule has 0 amide bonds. The first-order chi connectivity index (χ1) is 11.5. The van der Waals surface area contributed by atoms with Gasteiger partial charge in [0, 0.05) is 37.8 Å². The Hall–Kier alpha value is -2.05. The van der Waals surface area contributed by atoms with Gasteiger partial charge in [-0.25, -0.2) is 0 Å². The highest BCUT2D eigenvalue weighted by molar-refractivity contribution is 5.44. The van der Waals surface area contributed by atoms with Crippen molar-refractivity contribution in [2.24, 2.45) is 7.05 Å². The third-order valence-electron chi connectivity index (χ3n) is 4.35. The largest absolute Gasteiger partial charge is 0.490 e. The Morgan fingerprint density at radius 3 is 2.79 bits per heavy atom. The Morgan fingerprint density at radius 1 is 1.33 bits per heavy atom. The van der Waals surface area contributed by atoms with Gasteiger partial charge in [-0.05, 0) is 31.5 Å². The molecule has 1 aromatic heterocycles. The molecule has 130 valence electrons. The van der Waals surface area contributed by atoms with Crippen LogP contribution in [-0.2, 0) is 12.6 Å². The molecule has 2 aromatic rings. The predicted molar refractivity (Wildman–Crippen MR) is 91.2 cm³/mol. The van der Waals surface area contributed by atoms with E-state index < -0.39 is 5.60 Å². The van der Waals surface area contributed by atoms with Crippen LogP contribution < -0.4 is 14.8 Å². The number of aryl methyl sites for hydroxylation is 1. The Kier molecular flexibility index (Phi) is 4.78. The van der Waals surface area contributed by atoms with Crippen molar-refractivity contribution in [3.63, 3.8) is 0 Å². The fourth-order valence-electron chi connectivity index (χ4n) is 2.72. The lowest BCUT2D eigenvalue weighted by Crippen LogP contribution is -2.36. The minimum atomic E-state index is -0.978. The van der Waals surface area contributed by atoms with Gasteiger partial charge in [0.15, 0.2) is 11.5 Å². The number of benzene rings is 1. The number of nitrogens with zero attached hydrogens (tertiary/aromatic N) is 2. The Balaban J connectivity index is 1.66. The maximum absolute atomic E-state index is 10.7. The lowest BCUT2D eigenvalue weighted by molar-refractivity contribution is 0.0543. The average molecular weight is 331 g/mol. The monoisotopic (exact) mass is 331 g/mol. The fraction of sp³-hybridized carbons (Fsp3) is 0.500. The number of fused-ring (bicyclic) bond motifs is 1. The maximum atomic E-state index is 10.7. The lowest BCUT2D eigenvalue weighted by Gasteiger charge is -2.25. The molecule has 2 unspecified atom stereocenters. The Labute approximate surface area is 142 Å². The van der Waals surface area contributed by atoms with E-state index >= 15 is 0 Å². The highest BCUT2D eigenvalue weighted by Gasteiger charge is 2.25. The number of rotatable bonds is 5. The molecule has 2 atom stereocenters. The van der Waals surface area contributed by atoms with E-state index in [-0.39, 0.29) is 6.04 Å². The van der Waals surface area contributed by atoms with E-state index in [0.29, 0.717) is 19.8 Å². The van der Waals surface area contributed by atoms with E-state index in [1.165, 1.54) is 0 Å². The summed E-state index contributed by atoms with van der Waals surface area (Å²) in [4.78, 5) is 0. The van der Waals surface area contributed by atoms with Crippen LogP contribution in [0.25, 0.3) is 0 Å². The number of hydrogen-bond donors (Lipinski definition) is 2. The molecule has 6 heteroatoms. The number of ether oxygens (including phenoxy) is 2. The summed E-state index contributed by atoms with van der Waals surface area (Å²) in [5.41, 5.74) is 0.915. The van der Waals surface area contributed by atoms with Crippen LogP contribution in [0.4, 0.5) is 0 Å². The van der Waals surface area contributed by atoms with Crippen molar-refractivity contribution in [3.8, 4) is 11.5 Å². The van der Waals surface area contributed by atoms with Gasteiger partial charge in [-0.1, -0.05) is 6.07 Å². The summed E-state index contributed by atoms with van der Waals surface area (Å²) in [6.45, 7) is 5.65. The second-order valence-electron chi connectivity index (χ2n) is 6.54. The molecule has 1 aliphatic heterocycles. The molecule has 24 heavy (non-hydrogen) atoms. The van der Waals surface area contributed by atoms with Crippen LogP contribution in [0.15, 0.2) is 30.6 Å². The highest BCUT2D eigenvalue weighted by Crippen LogP contribution is 2.32. The van der Waals surface area contributed by atoms with Gasteiger partial charge >= 0.3 is 0 Å². The lowest BCUT2D eigenvalue weighted by atomic mass is 9.98. The molecule has 3 rings (SSSR count). The smallest absolute Gasteiger partial charge is 0.161 e. The molecule has 0 saturated heterocycles. The van der Waals surface area contributed by atoms with Crippen LogP contribution in [0.3, 0.4) is 0 Å². The fourth-order valence-corrected chi connectivity index (χ4v) is 2.72. The van der Waals surface area contributed by atoms with Crippen molar-refractivity contribution in [2.75, 3.05) is 19.8 Å². The summed E-state index contributed by atoms with van der Waals surface area (Å²) in [6.07, 6.45) is 4.42. The Morgan fingerprint density at radius 2 is 2.08 bits per heavy atom. The van der Waals surface area contributed by atoms with Crippen molar-refractivity contribution >= 4 is 0 Å². The number of aliphatic hydroxyl groups is 1. The van der Waals surface area contributed by atoms with Crippen molar-refractivity contribution in [3.05, 3.63) is 41.7 Å². The molecule has 6 nitrogen and oxygen atoms in total. The molecule has 2 N–H and O–H groups in total. The number of hydrogen-bond acceptors (Lipinski definition) is 5. The normalized spacial score (nSPS) is 17.8. The molecule has 2 heterocycles. The summed E-state index contributed by atoms with van der Waals surface area (Å²) in [5.74, 6) is 1.59. The minimum Gasteiger partial charge on any atom is -0.490 e. The molecule has 0 fully saturated rings. The van der Waals surface area contributed by atoms with Crippen LogP contribution in [0, 0.1) is 0 Å². The molecule has 0 spiro atoms. The van der Waals surface area contributed by atoms with E-state index in [2.05, 4.69) is 17.3 Å². The van der Waals surface area contributed by atoms with E-state index in [1.54, 1.807) is 17.8 Å². The number of nitrogens with one attached hydrogen (secondary N) is 1.